The largest absolute Gasteiger partial charge is 0.416 e. The fourth-order valence-corrected chi connectivity index (χ4v) is 2.44. The van der Waals surface area contributed by atoms with Crippen molar-refractivity contribution < 1.29 is 17.6 Å². The van der Waals surface area contributed by atoms with E-state index in [0.29, 0.717) is 24.0 Å². The Labute approximate surface area is 153 Å². The molecule has 0 unspecified atom stereocenters. The van der Waals surface area contributed by atoms with Gasteiger partial charge in [0, 0.05) is 18.3 Å². The number of aryl methyl sites for hydroxylation is 1. The molecule has 0 spiro atoms. The monoisotopic (exact) mass is 376 g/mol. The molecule has 0 bridgehead atoms. The summed E-state index contributed by atoms with van der Waals surface area (Å²) in [5.74, 6) is 1.00. The molecule has 0 aliphatic heterocycles. The van der Waals surface area contributed by atoms with Gasteiger partial charge in [0.1, 0.15) is 23.3 Å². The number of rotatable bonds is 5. The molecule has 0 radical (unpaired) electrons. The van der Waals surface area contributed by atoms with E-state index in [4.69, 9.17) is 0 Å². The lowest BCUT2D eigenvalue weighted by Gasteiger charge is -2.12. The van der Waals surface area contributed by atoms with E-state index < -0.39 is 11.7 Å². The van der Waals surface area contributed by atoms with E-state index in [0.717, 1.165) is 17.7 Å². The second-order valence-electron chi connectivity index (χ2n) is 5.87. The molecule has 140 valence electrons. The highest BCUT2D eigenvalue weighted by molar-refractivity contribution is 5.60. The van der Waals surface area contributed by atoms with E-state index >= 15 is 0 Å². The Morgan fingerprint density at radius 3 is 2.33 bits per heavy atom. The van der Waals surface area contributed by atoms with Crippen LogP contribution in [0.1, 0.15) is 17.0 Å². The van der Waals surface area contributed by atoms with Gasteiger partial charge >= 0.3 is 6.18 Å². The summed E-state index contributed by atoms with van der Waals surface area (Å²) in [6.45, 7) is 2.10. The van der Waals surface area contributed by atoms with Gasteiger partial charge in [0.05, 0.1) is 5.56 Å². The zero-order valence-corrected chi connectivity index (χ0v) is 14.3. The summed E-state index contributed by atoms with van der Waals surface area (Å²) in [5, 5.41) is 5.95. The van der Waals surface area contributed by atoms with Crippen LogP contribution in [0.3, 0.4) is 0 Å². The van der Waals surface area contributed by atoms with Crippen molar-refractivity contribution in [3.05, 3.63) is 77.4 Å². The molecule has 0 saturated heterocycles. The van der Waals surface area contributed by atoms with Gasteiger partial charge in [-0.2, -0.15) is 13.2 Å². The van der Waals surface area contributed by atoms with Gasteiger partial charge in [0.2, 0.25) is 0 Å². The van der Waals surface area contributed by atoms with Gasteiger partial charge in [-0.25, -0.2) is 14.4 Å². The van der Waals surface area contributed by atoms with Crippen LogP contribution in [-0.4, -0.2) is 9.97 Å². The van der Waals surface area contributed by atoms with Crippen LogP contribution < -0.4 is 10.6 Å². The summed E-state index contributed by atoms with van der Waals surface area (Å²) < 4.78 is 51.4. The maximum Gasteiger partial charge on any atom is 0.416 e. The number of aromatic nitrogens is 2. The number of hydrogen-bond acceptors (Lipinski definition) is 4. The molecule has 0 saturated carbocycles. The van der Waals surface area contributed by atoms with Gasteiger partial charge in [-0.05, 0) is 42.8 Å². The number of anilines is 3. The minimum Gasteiger partial charge on any atom is -0.366 e. The molecule has 2 aromatic carbocycles. The minimum absolute atomic E-state index is 0.271. The van der Waals surface area contributed by atoms with Crippen molar-refractivity contribution in [3.63, 3.8) is 0 Å². The van der Waals surface area contributed by atoms with Gasteiger partial charge in [-0.1, -0.05) is 18.2 Å². The molecular weight excluding hydrogens is 360 g/mol. The average molecular weight is 376 g/mol. The normalized spacial score (nSPS) is 11.3. The number of nitrogens with one attached hydrogen (secondary N) is 2. The third kappa shape index (κ3) is 5.16. The Kier molecular flexibility index (Phi) is 5.25. The van der Waals surface area contributed by atoms with E-state index in [9.17, 15) is 17.6 Å². The van der Waals surface area contributed by atoms with Crippen LogP contribution >= 0.6 is 0 Å². The SMILES string of the molecule is Cc1nc(NCc2ccc(F)cc2)cc(Nc2cccc(C(F)(F)F)c2)n1. The van der Waals surface area contributed by atoms with E-state index in [1.807, 2.05) is 0 Å². The first-order valence-corrected chi connectivity index (χ1v) is 8.08. The van der Waals surface area contributed by atoms with Gasteiger partial charge in [-0.3, -0.25) is 0 Å². The lowest BCUT2D eigenvalue weighted by atomic mass is 10.2. The first-order valence-electron chi connectivity index (χ1n) is 8.08. The van der Waals surface area contributed by atoms with Crippen molar-refractivity contribution in [2.45, 2.75) is 19.6 Å². The number of benzene rings is 2. The molecule has 0 atom stereocenters. The molecule has 1 aromatic heterocycles. The zero-order chi connectivity index (χ0) is 19.4. The summed E-state index contributed by atoms with van der Waals surface area (Å²) in [4.78, 5) is 8.44. The molecule has 2 N–H and O–H groups in total. The second-order valence-corrected chi connectivity index (χ2v) is 5.87. The van der Waals surface area contributed by atoms with Gasteiger partial charge < -0.3 is 10.6 Å². The van der Waals surface area contributed by atoms with Crippen LogP contribution in [0, 0.1) is 12.7 Å². The predicted molar refractivity (Wildman–Crippen MR) is 95.2 cm³/mol. The predicted octanol–water partition coefficient (Wildman–Crippen LogP) is 5.30. The van der Waals surface area contributed by atoms with Crippen molar-refractivity contribution in [2.24, 2.45) is 0 Å². The summed E-state index contributed by atoms with van der Waals surface area (Å²) in [6.07, 6.45) is -4.42. The lowest BCUT2D eigenvalue weighted by molar-refractivity contribution is -0.137. The Bertz CT molecular complexity index is 924. The number of nitrogens with zero attached hydrogens (tertiary/aromatic N) is 2. The van der Waals surface area contributed by atoms with Crippen molar-refractivity contribution >= 4 is 17.3 Å². The molecule has 4 nitrogen and oxygen atoms in total. The van der Waals surface area contributed by atoms with Crippen molar-refractivity contribution in [1.82, 2.24) is 9.97 Å². The highest BCUT2D eigenvalue weighted by Crippen LogP contribution is 2.31. The quantitative estimate of drug-likeness (QED) is 0.594. The van der Waals surface area contributed by atoms with Crippen LogP contribution in [0.2, 0.25) is 0 Å². The number of alkyl halides is 3. The number of hydrogen-bond donors (Lipinski definition) is 2. The van der Waals surface area contributed by atoms with Crippen molar-refractivity contribution in [3.8, 4) is 0 Å². The number of halogens is 4. The van der Waals surface area contributed by atoms with Gasteiger partial charge in [0.15, 0.2) is 0 Å². The highest BCUT2D eigenvalue weighted by Gasteiger charge is 2.30. The third-order valence-electron chi connectivity index (χ3n) is 3.69. The first kappa shape index (κ1) is 18.6. The van der Waals surface area contributed by atoms with E-state index in [1.165, 1.54) is 24.3 Å². The van der Waals surface area contributed by atoms with Crippen LogP contribution in [0.4, 0.5) is 34.9 Å². The Morgan fingerprint density at radius 1 is 0.926 bits per heavy atom. The smallest absolute Gasteiger partial charge is 0.366 e. The molecule has 0 aliphatic carbocycles. The lowest BCUT2D eigenvalue weighted by Crippen LogP contribution is -2.07. The third-order valence-corrected chi connectivity index (χ3v) is 3.69. The maximum atomic E-state index is 12.9. The van der Waals surface area contributed by atoms with Crippen LogP contribution in [-0.2, 0) is 12.7 Å². The zero-order valence-electron chi connectivity index (χ0n) is 14.3. The second kappa shape index (κ2) is 7.61. The summed E-state index contributed by atoms with van der Waals surface area (Å²) in [5.41, 5.74) is 0.389. The molecule has 0 fully saturated rings. The van der Waals surface area contributed by atoms with E-state index in [-0.39, 0.29) is 11.5 Å². The molecular formula is C19H16F4N4. The van der Waals surface area contributed by atoms with E-state index in [2.05, 4.69) is 20.6 Å². The summed E-state index contributed by atoms with van der Waals surface area (Å²) in [7, 11) is 0. The van der Waals surface area contributed by atoms with Crippen molar-refractivity contribution in [2.75, 3.05) is 10.6 Å². The highest BCUT2D eigenvalue weighted by atomic mass is 19.4. The van der Waals surface area contributed by atoms with Gasteiger partial charge in [-0.15, -0.1) is 0 Å². The fraction of sp³-hybridized carbons (Fsp3) is 0.158. The molecule has 0 aliphatic rings. The van der Waals surface area contributed by atoms with E-state index in [1.54, 1.807) is 25.1 Å². The summed E-state index contributed by atoms with van der Waals surface area (Å²) in [6, 6.07) is 12.5. The van der Waals surface area contributed by atoms with Gasteiger partial charge in [0.25, 0.3) is 0 Å². The van der Waals surface area contributed by atoms with Crippen LogP contribution in [0.15, 0.2) is 54.6 Å². The molecule has 0 amide bonds. The molecule has 1 heterocycles. The first-order chi connectivity index (χ1) is 12.8. The minimum atomic E-state index is -4.42. The Morgan fingerprint density at radius 2 is 1.63 bits per heavy atom. The van der Waals surface area contributed by atoms with Crippen LogP contribution in [0.25, 0.3) is 0 Å². The van der Waals surface area contributed by atoms with Crippen molar-refractivity contribution in [1.29, 1.82) is 0 Å². The summed E-state index contributed by atoms with van der Waals surface area (Å²) >= 11 is 0. The standard InChI is InChI=1S/C19H16F4N4/c1-12-25-17(24-11-13-5-7-15(20)8-6-13)10-18(26-12)27-16-4-2-3-14(9-16)19(21,22)23/h2-10H,11H2,1H3,(H2,24,25,26,27). The molecule has 27 heavy (non-hydrogen) atoms. The molecule has 3 rings (SSSR count). The molecule has 8 heteroatoms. The Balaban J connectivity index is 1.74. The average Bonchev–Trinajstić information content (AvgIpc) is 2.60. The maximum absolute atomic E-state index is 12.9. The Hall–Kier alpha value is -3.16. The fourth-order valence-electron chi connectivity index (χ4n) is 2.44. The van der Waals surface area contributed by atoms with Crippen LogP contribution in [0.5, 0.6) is 0 Å². The molecule has 3 aromatic rings. The topological polar surface area (TPSA) is 49.8 Å².